The summed E-state index contributed by atoms with van der Waals surface area (Å²) >= 11 is 0. The van der Waals surface area contributed by atoms with Crippen LogP contribution < -0.4 is 5.32 Å². The first-order valence-electron chi connectivity index (χ1n) is 5.63. The minimum atomic E-state index is -0.258. The molecule has 0 radical (unpaired) electrons. The van der Waals surface area contributed by atoms with Gasteiger partial charge < -0.3 is 14.6 Å². The van der Waals surface area contributed by atoms with Crippen LogP contribution in [0.15, 0.2) is 24.0 Å². The molecule has 0 bridgehead atoms. The summed E-state index contributed by atoms with van der Waals surface area (Å²) in [5.74, 6) is 0.709. The highest BCUT2D eigenvalue weighted by atomic mass is 16.5. The van der Waals surface area contributed by atoms with Crippen LogP contribution in [-0.4, -0.2) is 29.2 Å². The minimum Gasteiger partial charge on any atom is -0.466 e. The summed E-state index contributed by atoms with van der Waals surface area (Å²) in [6, 6.07) is 0. The van der Waals surface area contributed by atoms with Gasteiger partial charge in [0.25, 0.3) is 0 Å². The van der Waals surface area contributed by atoms with E-state index < -0.39 is 0 Å². The number of carbonyl (C=O) groups is 1. The molecule has 0 aliphatic rings. The van der Waals surface area contributed by atoms with Crippen molar-refractivity contribution in [2.45, 2.75) is 19.9 Å². The number of methoxy groups -OCH3 is 1. The number of hydrogen-bond donors (Lipinski definition) is 1. The van der Waals surface area contributed by atoms with Crippen LogP contribution in [0.4, 0.5) is 0 Å². The lowest BCUT2D eigenvalue weighted by molar-refractivity contribution is -0.136. The van der Waals surface area contributed by atoms with Crippen molar-refractivity contribution in [2.24, 2.45) is 7.05 Å². The Kier molecular flexibility index (Phi) is 5.42. The molecule has 0 saturated heterocycles. The predicted octanol–water partition coefficient (Wildman–Crippen LogP) is 1.02. The number of imidazole rings is 1. The van der Waals surface area contributed by atoms with Crippen LogP contribution in [0, 0.1) is 0 Å². The molecule has 0 aliphatic heterocycles. The molecule has 1 rings (SSSR count). The molecular formula is C12H19N3O2. The normalized spacial score (nSPS) is 11.6. The average Bonchev–Trinajstić information content (AvgIpc) is 2.74. The van der Waals surface area contributed by atoms with Crippen LogP contribution in [0.1, 0.15) is 19.2 Å². The Balaban J connectivity index is 2.38. The zero-order valence-corrected chi connectivity index (χ0v) is 10.6. The van der Waals surface area contributed by atoms with Gasteiger partial charge in [-0.1, -0.05) is 13.0 Å². The maximum Gasteiger partial charge on any atom is 0.333 e. The molecule has 94 valence electrons. The molecule has 0 spiro atoms. The second-order valence-corrected chi connectivity index (χ2v) is 3.66. The van der Waals surface area contributed by atoms with Gasteiger partial charge in [-0.05, 0) is 6.42 Å². The standard InChI is InChI=1S/C12H19N3O2/c1-4-10(12(16)17-3)5-6-13-9-11-14-7-8-15(11)2/h5,7-8,13H,4,6,9H2,1-3H3/b10-5-. The van der Waals surface area contributed by atoms with E-state index in [4.69, 9.17) is 0 Å². The summed E-state index contributed by atoms with van der Waals surface area (Å²) in [5.41, 5.74) is 0.694. The molecule has 0 aromatic carbocycles. The number of nitrogens with one attached hydrogen (secondary N) is 1. The molecule has 0 unspecified atom stereocenters. The Labute approximate surface area is 101 Å². The van der Waals surface area contributed by atoms with E-state index >= 15 is 0 Å². The number of esters is 1. The van der Waals surface area contributed by atoms with Crippen molar-refractivity contribution in [1.29, 1.82) is 0 Å². The summed E-state index contributed by atoms with van der Waals surface area (Å²) in [5, 5.41) is 3.20. The van der Waals surface area contributed by atoms with Crippen molar-refractivity contribution in [3.05, 3.63) is 29.9 Å². The molecular weight excluding hydrogens is 218 g/mol. The lowest BCUT2D eigenvalue weighted by Gasteiger charge is -2.04. The number of rotatable bonds is 6. The molecule has 0 atom stereocenters. The van der Waals surface area contributed by atoms with Gasteiger partial charge in [0.15, 0.2) is 0 Å². The van der Waals surface area contributed by atoms with Crippen LogP contribution in [0.3, 0.4) is 0 Å². The van der Waals surface area contributed by atoms with E-state index in [9.17, 15) is 4.79 Å². The molecule has 0 aliphatic carbocycles. The number of hydrogen-bond acceptors (Lipinski definition) is 4. The molecule has 17 heavy (non-hydrogen) atoms. The maximum absolute atomic E-state index is 11.3. The summed E-state index contributed by atoms with van der Waals surface area (Å²) in [4.78, 5) is 15.5. The lowest BCUT2D eigenvalue weighted by atomic mass is 10.2. The summed E-state index contributed by atoms with van der Waals surface area (Å²) < 4.78 is 6.63. The molecule has 1 aromatic rings. The van der Waals surface area contributed by atoms with Crippen LogP contribution in [-0.2, 0) is 23.1 Å². The highest BCUT2D eigenvalue weighted by Crippen LogP contribution is 2.02. The van der Waals surface area contributed by atoms with E-state index in [0.29, 0.717) is 25.1 Å². The highest BCUT2D eigenvalue weighted by Gasteiger charge is 2.05. The molecule has 0 amide bonds. The number of aromatic nitrogens is 2. The SMILES string of the molecule is CC/C(=C/CNCc1nccn1C)C(=O)OC. The predicted molar refractivity (Wildman–Crippen MR) is 65.3 cm³/mol. The van der Waals surface area contributed by atoms with Gasteiger partial charge in [0, 0.05) is 31.6 Å². The third-order valence-corrected chi connectivity index (χ3v) is 2.53. The lowest BCUT2D eigenvalue weighted by Crippen LogP contribution is -2.17. The molecule has 5 heteroatoms. The van der Waals surface area contributed by atoms with E-state index in [1.165, 1.54) is 7.11 Å². The number of carbonyl (C=O) groups excluding carboxylic acids is 1. The van der Waals surface area contributed by atoms with Gasteiger partial charge >= 0.3 is 5.97 Å². The fraction of sp³-hybridized carbons (Fsp3) is 0.500. The first-order chi connectivity index (χ1) is 8.19. The number of nitrogens with zero attached hydrogens (tertiary/aromatic N) is 2. The van der Waals surface area contributed by atoms with Crippen molar-refractivity contribution < 1.29 is 9.53 Å². The van der Waals surface area contributed by atoms with Gasteiger partial charge in [0.1, 0.15) is 5.82 Å². The quantitative estimate of drug-likeness (QED) is 0.456. The van der Waals surface area contributed by atoms with Gasteiger partial charge in [0.2, 0.25) is 0 Å². The first kappa shape index (κ1) is 13.4. The van der Waals surface area contributed by atoms with E-state index in [0.717, 1.165) is 5.82 Å². The van der Waals surface area contributed by atoms with Crippen molar-refractivity contribution in [1.82, 2.24) is 14.9 Å². The second-order valence-electron chi connectivity index (χ2n) is 3.66. The van der Waals surface area contributed by atoms with E-state index in [-0.39, 0.29) is 5.97 Å². The largest absolute Gasteiger partial charge is 0.466 e. The fourth-order valence-electron chi connectivity index (χ4n) is 1.45. The van der Waals surface area contributed by atoms with Gasteiger partial charge in [-0.25, -0.2) is 9.78 Å². The number of aryl methyl sites for hydroxylation is 1. The summed E-state index contributed by atoms with van der Waals surface area (Å²) in [7, 11) is 3.35. The molecule has 0 saturated carbocycles. The van der Waals surface area contributed by atoms with Crippen LogP contribution in [0.2, 0.25) is 0 Å². The molecule has 1 heterocycles. The fourth-order valence-corrected chi connectivity index (χ4v) is 1.45. The summed E-state index contributed by atoms with van der Waals surface area (Å²) in [6.07, 6.45) is 6.20. The van der Waals surface area contributed by atoms with Crippen molar-refractivity contribution in [2.75, 3.05) is 13.7 Å². The second kappa shape index (κ2) is 6.85. The van der Waals surface area contributed by atoms with Crippen LogP contribution >= 0.6 is 0 Å². The Hall–Kier alpha value is -1.62. The number of ether oxygens (including phenoxy) is 1. The Morgan fingerprint density at radius 3 is 2.94 bits per heavy atom. The minimum absolute atomic E-state index is 0.258. The first-order valence-corrected chi connectivity index (χ1v) is 5.63. The molecule has 1 aromatic heterocycles. The van der Waals surface area contributed by atoms with E-state index in [2.05, 4.69) is 15.0 Å². The van der Waals surface area contributed by atoms with E-state index in [1.807, 2.05) is 30.8 Å². The third-order valence-electron chi connectivity index (χ3n) is 2.53. The Bertz CT molecular complexity index is 396. The van der Waals surface area contributed by atoms with Crippen LogP contribution in [0.5, 0.6) is 0 Å². The van der Waals surface area contributed by atoms with Gasteiger partial charge in [-0.15, -0.1) is 0 Å². The average molecular weight is 237 g/mol. The highest BCUT2D eigenvalue weighted by molar-refractivity contribution is 5.88. The smallest absolute Gasteiger partial charge is 0.333 e. The van der Waals surface area contributed by atoms with Crippen molar-refractivity contribution >= 4 is 5.97 Å². The van der Waals surface area contributed by atoms with Gasteiger partial charge in [-0.3, -0.25) is 0 Å². The zero-order valence-electron chi connectivity index (χ0n) is 10.6. The van der Waals surface area contributed by atoms with Crippen molar-refractivity contribution in [3.8, 4) is 0 Å². The Morgan fingerprint density at radius 1 is 1.65 bits per heavy atom. The third kappa shape index (κ3) is 4.03. The zero-order chi connectivity index (χ0) is 12.7. The van der Waals surface area contributed by atoms with Gasteiger partial charge in [-0.2, -0.15) is 0 Å². The molecule has 1 N–H and O–H groups in total. The maximum atomic E-state index is 11.3. The molecule has 5 nitrogen and oxygen atoms in total. The van der Waals surface area contributed by atoms with Gasteiger partial charge in [0.05, 0.1) is 13.7 Å². The summed E-state index contributed by atoms with van der Waals surface area (Å²) in [6.45, 7) is 3.24. The molecule has 0 fully saturated rings. The van der Waals surface area contributed by atoms with Crippen LogP contribution in [0.25, 0.3) is 0 Å². The Morgan fingerprint density at radius 2 is 2.41 bits per heavy atom. The van der Waals surface area contributed by atoms with Crippen molar-refractivity contribution in [3.63, 3.8) is 0 Å². The van der Waals surface area contributed by atoms with E-state index in [1.54, 1.807) is 6.20 Å². The monoisotopic (exact) mass is 237 g/mol. The topological polar surface area (TPSA) is 56.2 Å².